The summed E-state index contributed by atoms with van der Waals surface area (Å²) in [4.78, 5) is 52.8. The van der Waals surface area contributed by atoms with Crippen molar-refractivity contribution in [3.05, 3.63) is 35.6 Å². The fourth-order valence-corrected chi connectivity index (χ4v) is 4.41. The second kappa shape index (κ2) is 8.20. The van der Waals surface area contributed by atoms with E-state index in [9.17, 15) is 19.2 Å². The molecule has 4 amide bonds. The molecule has 0 aromatic rings. The first-order valence-corrected chi connectivity index (χ1v) is 10.6. The van der Waals surface area contributed by atoms with E-state index in [0.29, 0.717) is 11.5 Å². The van der Waals surface area contributed by atoms with Gasteiger partial charge in [-0.3, -0.25) is 29.4 Å². The number of amides is 4. The van der Waals surface area contributed by atoms with Crippen molar-refractivity contribution < 1.29 is 19.2 Å². The smallest absolute Gasteiger partial charge is 0.262 e. The Morgan fingerprint density at radius 3 is 2.43 bits per heavy atom. The molecule has 0 aliphatic carbocycles. The lowest BCUT2D eigenvalue weighted by molar-refractivity contribution is -0.150. The topological polar surface area (TPSA) is 86.8 Å². The molecule has 2 atom stereocenters. The molecule has 0 bridgehead atoms. The van der Waals surface area contributed by atoms with Crippen LogP contribution < -0.4 is 5.32 Å². The lowest BCUT2D eigenvalue weighted by Crippen LogP contribution is -2.54. The number of carbonyl (C=O) groups excluding carboxylic acids is 4. The minimum atomic E-state index is -0.948. The van der Waals surface area contributed by atoms with E-state index in [1.165, 1.54) is 0 Å². The maximum absolute atomic E-state index is 13.1. The van der Waals surface area contributed by atoms with E-state index in [-0.39, 0.29) is 29.7 Å². The Morgan fingerprint density at radius 2 is 1.83 bits per heavy atom. The highest BCUT2D eigenvalue weighted by molar-refractivity contribution is 6.22. The van der Waals surface area contributed by atoms with Gasteiger partial charge in [0.2, 0.25) is 11.8 Å². The molecule has 162 valence electrons. The number of carbonyl (C=O) groups is 4. The third-order valence-corrected chi connectivity index (χ3v) is 6.43. The van der Waals surface area contributed by atoms with Crippen LogP contribution in [-0.4, -0.2) is 52.6 Å². The van der Waals surface area contributed by atoms with Gasteiger partial charge in [-0.2, -0.15) is 0 Å². The van der Waals surface area contributed by atoms with E-state index in [4.69, 9.17) is 0 Å². The van der Waals surface area contributed by atoms with Gasteiger partial charge in [0.15, 0.2) is 0 Å². The van der Waals surface area contributed by atoms with Gasteiger partial charge in [-0.1, -0.05) is 27.4 Å². The summed E-state index contributed by atoms with van der Waals surface area (Å²) in [6.07, 6.45) is 5.92. The van der Waals surface area contributed by atoms with Crippen molar-refractivity contribution >= 4 is 23.6 Å². The normalized spacial score (nSPS) is 26.5. The zero-order valence-corrected chi connectivity index (χ0v) is 18.3. The third-order valence-electron chi connectivity index (χ3n) is 6.43. The lowest BCUT2D eigenvalue weighted by atomic mass is 9.76. The van der Waals surface area contributed by atoms with E-state index in [0.717, 1.165) is 36.5 Å². The number of nitrogens with one attached hydrogen (secondary N) is 1. The van der Waals surface area contributed by atoms with E-state index < -0.39 is 23.8 Å². The SMILES string of the molecule is C=C/C(=C\C1=C(C)C(=O)N(C2CCC(=O)NC2=O)C1=O)N1CCCC(C(C)(C)C)C1. The molecule has 30 heavy (non-hydrogen) atoms. The summed E-state index contributed by atoms with van der Waals surface area (Å²) >= 11 is 0. The molecule has 7 heteroatoms. The fourth-order valence-electron chi connectivity index (χ4n) is 4.41. The van der Waals surface area contributed by atoms with Crippen LogP contribution in [0.5, 0.6) is 0 Å². The number of hydrogen-bond donors (Lipinski definition) is 1. The maximum Gasteiger partial charge on any atom is 0.262 e. The third kappa shape index (κ3) is 4.11. The highest BCUT2D eigenvalue weighted by Crippen LogP contribution is 2.35. The molecule has 3 heterocycles. The average molecular weight is 414 g/mol. The Labute approximate surface area is 177 Å². The molecule has 0 aromatic carbocycles. The standard InChI is InChI=1S/C23H31N3O4/c1-6-16(25-11-7-8-15(13-25)23(3,4)5)12-17-14(2)21(29)26(22(17)30)18-9-10-19(27)24-20(18)28/h6,12,15,18H,1,7-11,13H2,2-5H3,(H,24,27,28)/b16-12+. The first-order valence-electron chi connectivity index (χ1n) is 10.6. The Balaban J connectivity index is 1.85. The van der Waals surface area contributed by atoms with Gasteiger partial charge >= 0.3 is 0 Å². The number of rotatable bonds is 4. The van der Waals surface area contributed by atoms with E-state index in [2.05, 4.69) is 37.6 Å². The minimum absolute atomic E-state index is 0.109. The summed E-state index contributed by atoms with van der Waals surface area (Å²) in [6.45, 7) is 14.0. The number of hydrogen-bond acceptors (Lipinski definition) is 5. The maximum atomic E-state index is 13.1. The molecular formula is C23H31N3O4. The monoisotopic (exact) mass is 413 g/mol. The molecule has 1 N–H and O–H groups in total. The Hall–Kier alpha value is -2.70. The molecule has 2 fully saturated rings. The summed E-state index contributed by atoms with van der Waals surface area (Å²) in [5, 5.41) is 2.22. The predicted octanol–water partition coefficient (Wildman–Crippen LogP) is 2.30. The summed E-state index contributed by atoms with van der Waals surface area (Å²) in [5.74, 6) is -1.43. The van der Waals surface area contributed by atoms with Gasteiger partial charge in [0.05, 0.1) is 5.57 Å². The average Bonchev–Trinajstić information content (AvgIpc) is 2.89. The van der Waals surface area contributed by atoms with Gasteiger partial charge in [-0.25, -0.2) is 0 Å². The number of nitrogens with zero attached hydrogens (tertiary/aromatic N) is 2. The van der Waals surface area contributed by atoms with Crippen molar-refractivity contribution in [2.24, 2.45) is 11.3 Å². The van der Waals surface area contributed by atoms with Gasteiger partial charge < -0.3 is 4.90 Å². The van der Waals surface area contributed by atoms with E-state index in [1.807, 2.05) is 0 Å². The highest BCUT2D eigenvalue weighted by Gasteiger charge is 2.44. The van der Waals surface area contributed by atoms with Crippen molar-refractivity contribution in [1.82, 2.24) is 15.1 Å². The van der Waals surface area contributed by atoms with Gasteiger partial charge in [0.25, 0.3) is 11.8 Å². The Bertz CT molecular complexity index is 862. The lowest BCUT2D eigenvalue weighted by Gasteiger charge is -2.41. The molecule has 0 aromatic heterocycles. The Kier molecular flexibility index (Phi) is 6.01. The van der Waals surface area contributed by atoms with E-state index in [1.54, 1.807) is 19.1 Å². The van der Waals surface area contributed by atoms with Gasteiger partial charge in [-0.15, -0.1) is 0 Å². The molecule has 3 aliphatic rings. The molecule has 3 aliphatic heterocycles. The van der Waals surface area contributed by atoms with Gasteiger partial charge in [-0.05, 0) is 49.7 Å². The van der Waals surface area contributed by atoms with Crippen molar-refractivity contribution in [3.8, 4) is 0 Å². The van der Waals surface area contributed by atoms with Crippen molar-refractivity contribution in [1.29, 1.82) is 0 Å². The quantitative estimate of drug-likeness (QED) is 0.565. The highest BCUT2D eigenvalue weighted by atomic mass is 16.2. The summed E-state index contributed by atoms with van der Waals surface area (Å²) < 4.78 is 0. The van der Waals surface area contributed by atoms with Crippen LogP contribution >= 0.6 is 0 Å². The second-order valence-corrected chi connectivity index (χ2v) is 9.41. The first-order chi connectivity index (χ1) is 14.0. The van der Waals surface area contributed by atoms with E-state index >= 15 is 0 Å². The molecule has 0 radical (unpaired) electrons. The predicted molar refractivity (Wildman–Crippen MR) is 113 cm³/mol. The number of piperidine rings is 2. The minimum Gasteiger partial charge on any atom is -0.371 e. The van der Waals surface area contributed by atoms with Crippen LogP contribution in [0.2, 0.25) is 0 Å². The number of imide groups is 2. The van der Waals surface area contributed by atoms with Crippen LogP contribution in [0.25, 0.3) is 0 Å². The zero-order chi connectivity index (χ0) is 22.2. The van der Waals surface area contributed by atoms with Crippen LogP contribution in [0, 0.1) is 11.3 Å². The Morgan fingerprint density at radius 1 is 1.13 bits per heavy atom. The first kappa shape index (κ1) is 22.0. The molecule has 2 unspecified atom stereocenters. The van der Waals surface area contributed by atoms with Crippen molar-refractivity contribution in [2.45, 2.75) is 59.4 Å². The number of likely N-dealkylation sites (tertiary alicyclic amines) is 1. The van der Waals surface area contributed by atoms with Gasteiger partial charge in [0.1, 0.15) is 6.04 Å². The number of allylic oxidation sites excluding steroid dienone is 1. The zero-order valence-electron chi connectivity index (χ0n) is 18.3. The summed E-state index contributed by atoms with van der Waals surface area (Å²) in [6, 6.07) is -0.948. The molecule has 2 saturated heterocycles. The second-order valence-electron chi connectivity index (χ2n) is 9.41. The van der Waals surface area contributed by atoms with Gasteiger partial charge in [0, 0.05) is 30.8 Å². The molecule has 0 saturated carbocycles. The molecule has 7 nitrogen and oxygen atoms in total. The van der Waals surface area contributed by atoms with Crippen molar-refractivity contribution in [2.75, 3.05) is 13.1 Å². The van der Waals surface area contributed by atoms with Crippen LogP contribution in [0.1, 0.15) is 53.4 Å². The molecule has 0 spiro atoms. The fraction of sp³-hybridized carbons (Fsp3) is 0.565. The van der Waals surface area contributed by atoms with Crippen LogP contribution in [-0.2, 0) is 19.2 Å². The summed E-state index contributed by atoms with van der Waals surface area (Å²) in [5.41, 5.74) is 1.59. The van der Waals surface area contributed by atoms with Crippen LogP contribution in [0.15, 0.2) is 35.6 Å². The summed E-state index contributed by atoms with van der Waals surface area (Å²) in [7, 11) is 0. The van der Waals surface area contributed by atoms with Crippen LogP contribution in [0.3, 0.4) is 0 Å². The molecule has 3 rings (SSSR count). The largest absolute Gasteiger partial charge is 0.371 e. The molecular weight excluding hydrogens is 382 g/mol. The van der Waals surface area contributed by atoms with Crippen LogP contribution in [0.4, 0.5) is 0 Å². The van der Waals surface area contributed by atoms with Crippen molar-refractivity contribution in [3.63, 3.8) is 0 Å².